The molecule has 0 saturated carbocycles. The lowest BCUT2D eigenvalue weighted by Gasteiger charge is -2.34. The van der Waals surface area contributed by atoms with E-state index in [9.17, 15) is 24.3 Å². The SMILES string of the molecule is CCC[C@H](C(=O)NCc1ccc(N(C)C)cc1)[C@H](C(=O)O)C(C)C(N)N1C(=O)c2cc3ccccc3cc2C1=O. The Labute approximate surface area is 233 Å². The summed E-state index contributed by atoms with van der Waals surface area (Å²) in [5.74, 6) is -5.74. The Kier molecular flexibility index (Phi) is 8.54. The van der Waals surface area contributed by atoms with Crippen LogP contribution >= 0.6 is 0 Å². The van der Waals surface area contributed by atoms with Crippen molar-refractivity contribution in [2.24, 2.45) is 23.5 Å². The quantitative estimate of drug-likeness (QED) is 0.312. The number of carbonyl (C=O) groups excluding carboxylic acids is 3. The normalized spacial score (nSPS) is 15.9. The van der Waals surface area contributed by atoms with Crippen molar-refractivity contribution in [2.45, 2.75) is 39.4 Å². The summed E-state index contributed by atoms with van der Waals surface area (Å²) in [5.41, 5.74) is 8.85. The van der Waals surface area contributed by atoms with Crippen LogP contribution in [0.1, 0.15) is 53.0 Å². The number of hydrogen-bond donors (Lipinski definition) is 3. The summed E-state index contributed by atoms with van der Waals surface area (Å²) >= 11 is 0. The van der Waals surface area contributed by atoms with Gasteiger partial charge in [0, 0.05) is 32.2 Å². The Morgan fingerprint density at radius 2 is 1.52 bits per heavy atom. The number of nitrogens with zero attached hydrogens (tertiary/aromatic N) is 2. The number of nitrogens with one attached hydrogen (secondary N) is 1. The van der Waals surface area contributed by atoms with Crippen molar-refractivity contribution in [3.63, 3.8) is 0 Å². The third-order valence-electron chi connectivity index (χ3n) is 7.76. The molecular formula is C31H36N4O5. The topological polar surface area (TPSA) is 133 Å². The lowest BCUT2D eigenvalue weighted by Crippen LogP contribution is -2.54. The molecule has 1 aliphatic rings. The lowest BCUT2D eigenvalue weighted by molar-refractivity contribution is -0.151. The molecule has 1 aliphatic heterocycles. The fraction of sp³-hybridized carbons (Fsp3) is 0.355. The van der Waals surface area contributed by atoms with E-state index in [2.05, 4.69) is 5.32 Å². The second-order valence-corrected chi connectivity index (χ2v) is 10.6. The molecule has 40 heavy (non-hydrogen) atoms. The first-order chi connectivity index (χ1) is 19.0. The Morgan fingerprint density at radius 1 is 0.975 bits per heavy atom. The molecule has 9 heteroatoms. The maximum Gasteiger partial charge on any atom is 0.307 e. The van der Waals surface area contributed by atoms with Crippen molar-refractivity contribution in [1.29, 1.82) is 0 Å². The van der Waals surface area contributed by atoms with Gasteiger partial charge in [0.1, 0.15) is 0 Å². The number of fused-ring (bicyclic) bond motifs is 2. The monoisotopic (exact) mass is 544 g/mol. The van der Waals surface area contributed by atoms with Crippen LogP contribution in [0, 0.1) is 17.8 Å². The summed E-state index contributed by atoms with van der Waals surface area (Å²) in [5, 5.41) is 14.8. The van der Waals surface area contributed by atoms with Crippen molar-refractivity contribution in [1.82, 2.24) is 10.2 Å². The Balaban J connectivity index is 1.54. The van der Waals surface area contributed by atoms with Gasteiger partial charge in [-0.05, 0) is 47.0 Å². The highest BCUT2D eigenvalue weighted by Crippen LogP contribution is 2.34. The van der Waals surface area contributed by atoms with E-state index in [0.717, 1.165) is 26.9 Å². The molecule has 4 atom stereocenters. The number of carbonyl (C=O) groups is 4. The van der Waals surface area contributed by atoms with Gasteiger partial charge in [-0.1, -0.05) is 56.7 Å². The minimum absolute atomic E-state index is 0.237. The van der Waals surface area contributed by atoms with Gasteiger partial charge in [-0.3, -0.25) is 24.1 Å². The van der Waals surface area contributed by atoms with Crippen LogP contribution in [0.3, 0.4) is 0 Å². The Hall–Kier alpha value is -4.24. The van der Waals surface area contributed by atoms with E-state index >= 15 is 0 Å². The summed E-state index contributed by atoms with van der Waals surface area (Å²) < 4.78 is 0. The molecule has 4 rings (SSSR count). The van der Waals surface area contributed by atoms with Crippen LogP contribution in [0.2, 0.25) is 0 Å². The molecule has 0 spiro atoms. The lowest BCUT2D eigenvalue weighted by atomic mass is 9.77. The van der Waals surface area contributed by atoms with E-state index in [1.165, 1.54) is 0 Å². The summed E-state index contributed by atoms with van der Waals surface area (Å²) in [7, 11) is 3.88. The number of aliphatic carboxylic acids is 1. The highest BCUT2D eigenvalue weighted by atomic mass is 16.4. The zero-order chi connectivity index (χ0) is 29.1. The second kappa shape index (κ2) is 11.9. The molecule has 9 nitrogen and oxygen atoms in total. The van der Waals surface area contributed by atoms with Crippen molar-refractivity contribution in [3.05, 3.63) is 77.4 Å². The van der Waals surface area contributed by atoms with Crippen LogP contribution in [0.5, 0.6) is 0 Å². The molecule has 3 aromatic rings. The first-order valence-electron chi connectivity index (χ1n) is 13.5. The molecular weight excluding hydrogens is 508 g/mol. The van der Waals surface area contributed by atoms with E-state index in [-0.39, 0.29) is 17.7 Å². The van der Waals surface area contributed by atoms with Gasteiger partial charge in [0.2, 0.25) is 5.91 Å². The van der Waals surface area contributed by atoms with Gasteiger partial charge in [-0.25, -0.2) is 0 Å². The minimum atomic E-state index is -1.23. The number of imide groups is 1. The largest absolute Gasteiger partial charge is 0.481 e. The van der Waals surface area contributed by atoms with Crippen LogP contribution in [-0.2, 0) is 16.1 Å². The van der Waals surface area contributed by atoms with Crippen LogP contribution < -0.4 is 16.0 Å². The number of carboxylic acids is 1. The average Bonchev–Trinajstić information content (AvgIpc) is 3.18. The van der Waals surface area contributed by atoms with Crippen molar-refractivity contribution < 1.29 is 24.3 Å². The third-order valence-corrected chi connectivity index (χ3v) is 7.76. The highest BCUT2D eigenvalue weighted by Gasteiger charge is 2.46. The van der Waals surface area contributed by atoms with E-state index in [1.54, 1.807) is 19.1 Å². The smallest absolute Gasteiger partial charge is 0.307 e. The highest BCUT2D eigenvalue weighted by molar-refractivity contribution is 6.23. The Bertz CT molecular complexity index is 1380. The predicted octanol–water partition coefficient (Wildman–Crippen LogP) is 3.86. The molecule has 0 fully saturated rings. The molecule has 0 saturated heterocycles. The van der Waals surface area contributed by atoms with Crippen LogP contribution in [0.4, 0.5) is 5.69 Å². The predicted molar refractivity (Wildman–Crippen MR) is 154 cm³/mol. The molecule has 0 aliphatic carbocycles. The van der Waals surface area contributed by atoms with Gasteiger partial charge in [-0.2, -0.15) is 0 Å². The third kappa shape index (κ3) is 5.56. The average molecular weight is 545 g/mol. The van der Waals surface area contributed by atoms with Gasteiger partial charge in [-0.15, -0.1) is 0 Å². The summed E-state index contributed by atoms with van der Waals surface area (Å²) in [6.07, 6.45) is -0.351. The second-order valence-electron chi connectivity index (χ2n) is 10.6. The van der Waals surface area contributed by atoms with Crippen molar-refractivity contribution in [3.8, 4) is 0 Å². The molecule has 2 unspecified atom stereocenters. The first kappa shape index (κ1) is 28.8. The zero-order valence-electron chi connectivity index (χ0n) is 23.3. The fourth-order valence-electron chi connectivity index (χ4n) is 5.44. The molecule has 1 heterocycles. The van der Waals surface area contributed by atoms with Crippen LogP contribution in [-0.4, -0.2) is 54.0 Å². The van der Waals surface area contributed by atoms with E-state index in [0.29, 0.717) is 12.8 Å². The maximum absolute atomic E-state index is 13.3. The van der Waals surface area contributed by atoms with Gasteiger partial charge in [0.25, 0.3) is 11.8 Å². The van der Waals surface area contributed by atoms with Crippen LogP contribution in [0.25, 0.3) is 10.8 Å². The molecule has 0 aromatic heterocycles. The van der Waals surface area contributed by atoms with E-state index in [4.69, 9.17) is 5.73 Å². The summed E-state index contributed by atoms with van der Waals surface area (Å²) in [4.78, 5) is 55.5. The summed E-state index contributed by atoms with van der Waals surface area (Å²) in [6, 6.07) is 18.4. The summed E-state index contributed by atoms with van der Waals surface area (Å²) in [6.45, 7) is 3.70. The van der Waals surface area contributed by atoms with Crippen molar-refractivity contribution >= 4 is 40.2 Å². The zero-order valence-corrected chi connectivity index (χ0v) is 23.3. The molecule has 4 N–H and O–H groups in total. The first-order valence-corrected chi connectivity index (χ1v) is 13.5. The molecule has 210 valence electrons. The molecule has 3 amide bonds. The van der Waals surface area contributed by atoms with Gasteiger partial charge in [0.05, 0.1) is 29.1 Å². The van der Waals surface area contributed by atoms with E-state index in [1.807, 2.05) is 74.4 Å². The number of anilines is 1. The standard InChI is InChI=1S/C31H36N4O5/c1-5-8-23(28(36)33-17-19-11-13-22(14-12-19)34(3)4)26(31(39)40)18(2)27(32)35-29(37)24-15-20-9-6-7-10-21(20)16-25(24)30(35)38/h6-7,9-16,18,23,26-27H,5,8,17,32H2,1-4H3,(H,33,36)(H,39,40)/t18?,23-,26+,27?/m0/s1. The number of nitrogens with two attached hydrogens (primary N) is 1. The number of benzene rings is 3. The van der Waals surface area contributed by atoms with Crippen molar-refractivity contribution in [2.75, 3.05) is 19.0 Å². The number of rotatable bonds is 11. The molecule has 0 radical (unpaired) electrons. The van der Waals surface area contributed by atoms with E-state index < -0.39 is 47.6 Å². The van der Waals surface area contributed by atoms with Crippen LogP contribution in [0.15, 0.2) is 60.7 Å². The Morgan fingerprint density at radius 3 is 2.00 bits per heavy atom. The minimum Gasteiger partial charge on any atom is -0.481 e. The van der Waals surface area contributed by atoms with Gasteiger partial charge in [0.15, 0.2) is 0 Å². The molecule has 0 bridgehead atoms. The number of hydrogen-bond acceptors (Lipinski definition) is 6. The molecule has 3 aromatic carbocycles. The number of carboxylic acid groups (broad SMARTS) is 1. The van der Waals surface area contributed by atoms with Gasteiger partial charge < -0.3 is 21.1 Å². The number of amides is 3. The van der Waals surface area contributed by atoms with Gasteiger partial charge >= 0.3 is 5.97 Å². The maximum atomic E-state index is 13.3. The fourth-order valence-corrected chi connectivity index (χ4v) is 5.44.